The summed E-state index contributed by atoms with van der Waals surface area (Å²) in [5, 5.41) is 7.83. The number of anilines is 1. The Morgan fingerprint density at radius 2 is 2.21 bits per heavy atom. The number of fused-ring (bicyclic) bond motifs is 1. The third-order valence-corrected chi connectivity index (χ3v) is 3.97. The summed E-state index contributed by atoms with van der Waals surface area (Å²) in [6.45, 7) is 4.07. The Hall–Kier alpha value is -1.69. The maximum atomic E-state index is 5.42. The first-order chi connectivity index (χ1) is 9.19. The van der Waals surface area contributed by atoms with Gasteiger partial charge in [0.05, 0.1) is 6.10 Å². The van der Waals surface area contributed by atoms with Crippen LogP contribution < -0.4 is 5.32 Å². The van der Waals surface area contributed by atoms with Crippen LogP contribution in [0.25, 0.3) is 5.78 Å². The van der Waals surface area contributed by atoms with Crippen LogP contribution in [0.1, 0.15) is 30.5 Å². The molecule has 1 aliphatic carbocycles. The first-order valence-corrected chi connectivity index (χ1v) is 6.65. The maximum Gasteiger partial charge on any atom is 0.254 e. The van der Waals surface area contributed by atoms with Crippen LogP contribution >= 0.6 is 0 Å². The molecule has 0 radical (unpaired) electrons. The molecule has 1 aliphatic rings. The molecule has 2 atom stereocenters. The van der Waals surface area contributed by atoms with Gasteiger partial charge in [-0.15, -0.1) is 0 Å². The van der Waals surface area contributed by atoms with Crippen molar-refractivity contribution in [3.05, 3.63) is 17.6 Å². The van der Waals surface area contributed by atoms with E-state index in [9.17, 15) is 0 Å². The highest BCUT2D eigenvalue weighted by Gasteiger charge is 2.25. The van der Waals surface area contributed by atoms with Crippen LogP contribution in [0.15, 0.2) is 6.33 Å². The molecule has 2 aromatic heterocycles. The van der Waals surface area contributed by atoms with E-state index in [4.69, 9.17) is 4.74 Å². The summed E-state index contributed by atoms with van der Waals surface area (Å²) >= 11 is 0. The number of ether oxygens (including phenoxy) is 1. The van der Waals surface area contributed by atoms with E-state index in [2.05, 4.69) is 27.3 Å². The van der Waals surface area contributed by atoms with Gasteiger partial charge in [-0.25, -0.2) is 4.98 Å². The summed E-state index contributed by atoms with van der Waals surface area (Å²) in [5.41, 5.74) is 2.11. The van der Waals surface area contributed by atoms with Crippen molar-refractivity contribution in [3.63, 3.8) is 0 Å². The summed E-state index contributed by atoms with van der Waals surface area (Å²) in [6.07, 6.45) is 5.17. The molecule has 1 saturated carbocycles. The Morgan fingerprint density at radius 1 is 1.37 bits per heavy atom. The molecule has 0 aromatic carbocycles. The Labute approximate surface area is 112 Å². The Kier molecular flexibility index (Phi) is 3.10. The number of nitrogens with zero attached hydrogens (tertiary/aromatic N) is 4. The minimum Gasteiger partial charge on any atom is -0.381 e. The molecule has 0 spiro atoms. The van der Waals surface area contributed by atoms with E-state index in [1.54, 1.807) is 18.0 Å². The molecule has 1 N–H and O–H groups in total. The quantitative estimate of drug-likeness (QED) is 0.911. The third-order valence-electron chi connectivity index (χ3n) is 3.97. The second-order valence-electron chi connectivity index (χ2n) is 5.15. The highest BCUT2D eigenvalue weighted by Crippen LogP contribution is 2.26. The monoisotopic (exact) mass is 261 g/mol. The lowest BCUT2D eigenvalue weighted by molar-refractivity contribution is 0.108. The molecule has 19 heavy (non-hydrogen) atoms. The van der Waals surface area contributed by atoms with E-state index in [1.165, 1.54) is 0 Å². The lowest BCUT2D eigenvalue weighted by atomic mass is 10.2. The van der Waals surface area contributed by atoms with E-state index in [-0.39, 0.29) is 0 Å². The number of rotatable bonds is 3. The van der Waals surface area contributed by atoms with Crippen molar-refractivity contribution < 1.29 is 4.74 Å². The molecule has 0 aliphatic heterocycles. The molecule has 2 unspecified atom stereocenters. The van der Waals surface area contributed by atoms with Gasteiger partial charge in [0, 0.05) is 24.4 Å². The lowest BCUT2D eigenvalue weighted by Gasteiger charge is -2.17. The Balaban J connectivity index is 1.92. The summed E-state index contributed by atoms with van der Waals surface area (Å²) in [7, 11) is 1.78. The van der Waals surface area contributed by atoms with Gasteiger partial charge in [0.2, 0.25) is 0 Å². The molecule has 0 saturated heterocycles. The number of hydrogen-bond donors (Lipinski definition) is 1. The minimum absolute atomic E-state index is 0.368. The van der Waals surface area contributed by atoms with Gasteiger partial charge in [-0.2, -0.15) is 14.6 Å². The molecular weight excluding hydrogens is 242 g/mol. The van der Waals surface area contributed by atoms with E-state index < -0.39 is 0 Å². The molecule has 2 heterocycles. The SMILES string of the molecule is COC1CCC(Nc2c(C)c(C)nc3ncnn23)C1. The van der Waals surface area contributed by atoms with Crippen LogP contribution in [0.3, 0.4) is 0 Å². The molecule has 0 bridgehead atoms. The van der Waals surface area contributed by atoms with Gasteiger partial charge < -0.3 is 10.1 Å². The molecular formula is C13H19N5O. The molecule has 3 rings (SSSR count). The fourth-order valence-corrected chi connectivity index (χ4v) is 2.68. The van der Waals surface area contributed by atoms with Crippen molar-refractivity contribution in [3.8, 4) is 0 Å². The van der Waals surface area contributed by atoms with E-state index in [0.29, 0.717) is 17.9 Å². The second kappa shape index (κ2) is 4.77. The number of methoxy groups -OCH3 is 1. The van der Waals surface area contributed by atoms with E-state index in [1.807, 2.05) is 6.92 Å². The minimum atomic E-state index is 0.368. The molecule has 102 valence electrons. The third kappa shape index (κ3) is 2.16. The standard InChI is InChI=1S/C13H19N5O/c1-8-9(2)16-13-14-7-15-18(13)12(8)17-10-4-5-11(6-10)19-3/h7,10-11,17H,4-6H2,1-3H3. The molecule has 0 amide bonds. The van der Waals surface area contributed by atoms with E-state index in [0.717, 1.165) is 36.3 Å². The van der Waals surface area contributed by atoms with Gasteiger partial charge in [0.15, 0.2) is 0 Å². The first kappa shape index (κ1) is 12.3. The fourth-order valence-electron chi connectivity index (χ4n) is 2.68. The number of aromatic nitrogens is 4. The van der Waals surface area contributed by atoms with Gasteiger partial charge >= 0.3 is 0 Å². The van der Waals surface area contributed by atoms with Gasteiger partial charge in [0.1, 0.15) is 12.1 Å². The zero-order chi connectivity index (χ0) is 13.4. The van der Waals surface area contributed by atoms with Gasteiger partial charge in [0.25, 0.3) is 5.78 Å². The average Bonchev–Trinajstić information content (AvgIpc) is 3.03. The molecule has 6 nitrogen and oxygen atoms in total. The van der Waals surface area contributed by atoms with Crippen LogP contribution in [-0.2, 0) is 4.74 Å². The molecule has 1 fully saturated rings. The fraction of sp³-hybridized carbons (Fsp3) is 0.615. The summed E-state index contributed by atoms with van der Waals surface area (Å²) < 4.78 is 7.20. The van der Waals surface area contributed by atoms with Gasteiger partial charge in [-0.05, 0) is 33.1 Å². The van der Waals surface area contributed by atoms with Crippen LogP contribution in [0.5, 0.6) is 0 Å². The van der Waals surface area contributed by atoms with Crippen LogP contribution in [0.4, 0.5) is 5.82 Å². The predicted octanol–water partition coefficient (Wildman–Crippen LogP) is 1.72. The average molecular weight is 261 g/mol. The second-order valence-corrected chi connectivity index (χ2v) is 5.15. The largest absolute Gasteiger partial charge is 0.381 e. The molecule has 6 heteroatoms. The summed E-state index contributed by atoms with van der Waals surface area (Å²) in [6, 6.07) is 0.429. The van der Waals surface area contributed by atoms with Crippen molar-refractivity contribution in [2.24, 2.45) is 0 Å². The van der Waals surface area contributed by atoms with Crippen LogP contribution in [0.2, 0.25) is 0 Å². The van der Waals surface area contributed by atoms with Crippen molar-refractivity contribution >= 4 is 11.6 Å². The predicted molar refractivity (Wildman–Crippen MR) is 72.3 cm³/mol. The van der Waals surface area contributed by atoms with Gasteiger partial charge in [-0.3, -0.25) is 0 Å². The summed E-state index contributed by atoms with van der Waals surface area (Å²) in [4.78, 5) is 8.59. The Bertz CT molecular complexity index is 594. The molecule has 2 aromatic rings. The van der Waals surface area contributed by atoms with E-state index >= 15 is 0 Å². The maximum absolute atomic E-state index is 5.42. The zero-order valence-corrected chi connectivity index (χ0v) is 11.6. The van der Waals surface area contributed by atoms with Crippen molar-refractivity contribution in [2.45, 2.75) is 45.3 Å². The van der Waals surface area contributed by atoms with Crippen LogP contribution in [0, 0.1) is 13.8 Å². The van der Waals surface area contributed by atoms with Crippen molar-refractivity contribution in [1.82, 2.24) is 19.6 Å². The van der Waals surface area contributed by atoms with Crippen LogP contribution in [-0.4, -0.2) is 38.8 Å². The van der Waals surface area contributed by atoms with Crippen molar-refractivity contribution in [1.29, 1.82) is 0 Å². The first-order valence-electron chi connectivity index (χ1n) is 6.65. The highest BCUT2D eigenvalue weighted by molar-refractivity contribution is 5.52. The highest BCUT2D eigenvalue weighted by atomic mass is 16.5. The summed E-state index contributed by atoms with van der Waals surface area (Å²) in [5.74, 6) is 1.65. The van der Waals surface area contributed by atoms with Gasteiger partial charge in [-0.1, -0.05) is 0 Å². The van der Waals surface area contributed by atoms with Crippen molar-refractivity contribution in [2.75, 3.05) is 12.4 Å². The number of nitrogens with one attached hydrogen (secondary N) is 1. The normalized spacial score (nSPS) is 23.1. The zero-order valence-electron chi connectivity index (χ0n) is 11.6. The number of aryl methyl sites for hydroxylation is 1. The lowest BCUT2D eigenvalue weighted by Crippen LogP contribution is -2.21. The number of hydrogen-bond acceptors (Lipinski definition) is 5. The smallest absolute Gasteiger partial charge is 0.254 e. The topological polar surface area (TPSA) is 64.3 Å². The Morgan fingerprint density at radius 3 is 2.95 bits per heavy atom.